The first-order valence-electron chi connectivity index (χ1n) is 12.3. The Hall–Kier alpha value is -1.75. The number of halogens is 2. The van der Waals surface area contributed by atoms with Gasteiger partial charge in [0.15, 0.2) is 5.96 Å². The molecule has 2 aromatic carbocycles. The topological polar surface area (TPSA) is 44.9 Å². The zero-order chi connectivity index (χ0) is 23.6. The number of aryl methyl sites for hydroxylation is 1. The normalized spacial score (nSPS) is 16.2. The van der Waals surface area contributed by atoms with Gasteiger partial charge in [0.2, 0.25) is 0 Å². The van der Waals surface area contributed by atoms with Gasteiger partial charge in [0, 0.05) is 42.8 Å². The SMILES string of the molecule is CCCCCCCCN=C(N)N1CCN(C(c2ccc(C)cc2)c2ccc(Cl)cc2Cl)CC1. The van der Waals surface area contributed by atoms with Gasteiger partial charge in [-0.15, -0.1) is 0 Å². The Kier molecular flexibility index (Phi) is 10.4. The molecule has 1 aliphatic heterocycles. The van der Waals surface area contributed by atoms with Crippen molar-refractivity contribution in [3.8, 4) is 0 Å². The lowest BCUT2D eigenvalue weighted by molar-refractivity contribution is 0.149. The summed E-state index contributed by atoms with van der Waals surface area (Å²) in [4.78, 5) is 9.35. The molecule has 0 spiro atoms. The Labute approximate surface area is 209 Å². The first kappa shape index (κ1) is 25.9. The molecule has 2 N–H and O–H groups in total. The second-order valence-corrected chi connectivity index (χ2v) is 9.85. The predicted molar refractivity (Wildman–Crippen MR) is 142 cm³/mol. The van der Waals surface area contributed by atoms with Crippen LogP contribution in [0.5, 0.6) is 0 Å². The van der Waals surface area contributed by atoms with Crippen LogP contribution in [0.4, 0.5) is 0 Å². The molecule has 0 radical (unpaired) electrons. The van der Waals surface area contributed by atoms with Gasteiger partial charge in [-0.1, -0.05) is 98.1 Å². The lowest BCUT2D eigenvalue weighted by Crippen LogP contribution is -2.52. The van der Waals surface area contributed by atoms with E-state index in [4.69, 9.17) is 28.9 Å². The highest BCUT2D eigenvalue weighted by molar-refractivity contribution is 6.35. The summed E-state index contributed by atoms with van der Waals surface area (Å²) >= 11 is 12.8. The Morgan fingerprint density at radius 2 is 1.61 bits per heavy atom. The molecule has 33 heavy (non-hydrogen) atoms. The quantitative estimate of drug-likeness (QED) is 0.230. The lowest BCUT2D eigenvalue weighted by atomic mass is 9.95. The van der Waals surface area contributed by atoms with Crippen LogP contribution in [-0.2, 0) is 0 Å². The summed E-state index contributed by atoms with van der Waals surface area (Å²) < 4.78 is 0. The molecular formula is C27H38Cl2N4. The molecule has 1 unspecified atom stereocenters. The summed E-state index contributed by atoms with van der Waals surface area (Å²) in [5, 5.41) is 1.36. The maximum atomic E-state index is 6.65. The third kappa shape index (κ3) is 7.63. The van der Waals surface area contributed by atoms with Gasteiger partial charge in [-0.2, -0.15) is 0 Å². The maximum absolute atomic E-state index is 6.65. The van der Waals surface area contributed by atoms with Crippen molar-refractivity contribution in [3.05, 3.63) is 69.2 Å². The van der Waals surface area contributed by atoms with E-state index in [1.54, 1.807) is 0 Å². The highest BCUT2D eigenvalue weighted by Crippen LogP contribution is 2.35. The molecule has 1 fully saturated rings. The first-order valence-corrected chi connectivity index (χ1v) is 13.1. The van der Waals surface area contributed by atoms with Gasteiger partial charge in [-0.05, 0) is 36.6 Å². The van der Waals surface area contributed by atoms with Crippen molar-refractivity contribution in [2.75, 3.05) is 32.7 Å². The number of unbranched alkanes of at least 4 members (excludes halogenated alkanes) is 5. The van der Waals surface area contributed by atoms with Crippen LogP contribution in [0.2, 0.25) is 10.0 Å². The summed E-state index contributed by atoms with van der Waals surface area (Å²) in [7, 11) is 0. The Morgan fingerprint density at radius 1 is 0.939 bits per heavy atom. The van der Waals surface area contributed by atoms with Crippen molar-refractivity contribution < 1.29 is 0 Å². The molecule has 0 aliphatic carbocycles. The van der Waals surface area contributed by atoms with Gasteiger partial charge in [-0.3, -0.25) is 9.89 Å². The van der Waals surface area contributed by atoms with Crippen LogP contribution in [0.25, 0.3) is 0 Å². The molecule has 1 heterocycles. The van der Waals surface area contributed by atoms with Crippen LogP contribution in [0.1, 0.15) is 68.2 Å². The average molecular weight is 490 g/mol. The van der Waals surface area contributed by atoms with Gasteiger partial charge in [0.05, 0.1) is 6.04 Å². The molecule has 2 aromatic rings. The molecule has 0 aromatic heterocycles. The van der Waals surface area contributed by atoms with Crippen LogP contribution in [-0.4, -0.2) is 48.5 Å². The standard InChI is InChI=1S/C27H38Cl2N4/c1-3-4-5-6-7-8-15-31-27(30)33-18-16-32(17-19-33)26(22-11-9-21(2)10-12-22)24-14-13-23(28)20-25(24)29/h9-14,20,26H,3-8,15-19H2,1-2H3,(H2,30,31). The molecule has 1 saturated heterocycles. The van der Waals surface area contributed by atoms with Crippen LogP contribution >= 0.6 is 23.2 Å². The van der Waals surface area contributed by atoms with Crippen molar-refractivity contribution in [3.63, 3.8) is 0 Å². The lowest BCUT2D eigenvalue weighted by Gasteiger charge is -2.40. The van der Waals surface area contributed by atoms with E-state index in [9.17, 15) is 0 Å². The van der Waals surface area contributed by atoms with Gasteiger partial charge >= 0.3 is 0 Å². The Morgan fingerprint density at radius 3 is 2.27 bits per heavy atom. The largest absolute Gasteiger partial charge is 0.370 e. The minimum Gasteiger partial charge on any atom is -0.370 e. The summed E-state index contributed by atoms with van der Waals surface area (Å²) in [6, 6.07) is 14.6. The van der Waals surface area contributed by atoms with Crippen LogP contribution < -0.4 is 5.73 Å². The Bertz CT molecular complexity index is 889. The van der Waals surface area contributed by atoms with Crippen molar-refractivity contribution >= 4 is 29.2 Å². The van der Waals surface area contributed by atoms with Crippen molar-refractivity contribution in [1.82, 2.24) is 9.80 Å². The monoisotopic (exact) mass is 488 g/mol. The highest BCUT2D eigenvalue weighted by atomic mass is 35.5. The van der Waals surface area contributed by atoms with E-state index in [1.165, 1.54) is 43.2 Å². The third-order valence-corrected chi connectivity index (χ3v) is 7.00. The number of benzene rings is 2. The predicted octanol–water partition coefficient (Wildman–Crippen LogP) is 6.68. The molecule has 6 heteroatoms. The number of nitrogens with two attached hydrogens (primary N) is 1. The van der Waals surface area contributed by atoms with Crippen molar-refractivity contribution in [2.45, 2.75) is 58.4 Å². The van der Waals surface area contributed by atoms with Gasteiger partial charge in [-0.25, -0.2) is 0 Å². The number of hydrogen-bond acceptors (Lipinski definition) is 2. The second kappa shape index (κ2) is 13.2. The smallest absolute Gasteiger partial charge is 0.191 e. The van der Waals surface area contributed by atoms with E-state index in [0.717, 1.165) is 44.7 Å². The van der Waals surface area contributed by atoms with Gasteiger partial charge < -0.3 is 10.6 Å². The third-order valence-electron chi connectivity index (χ3n) is 6.44. The molecule has 0 saturated carbocycles. The molecular weight excluding hydrogens is 451 g/mol. The van der Waals surface area contributed by atoms with Gasteiger partial charge in [0.1, 0.15) is 0 Å². The molecule has 0 amide bonds. The van der Waals surface area contributed by atoms with Crippen LogP contribution in [0.15, 0.2) is 47.5 Å². The number of guanidine groups is 1. The highest BCUT2D eigenvalue weighted by Gasteiger charge is 2.28. The molecule has 1 atom stereocenters. The van der Waals surface area contributed by atoms with Crippen LogP contribution in [0.3, 0.4) is 0 Å². The summed E-state index contributed by atoms with van der Waals surface area (Å²) in [5.41, 5.74) is 9.91. The summed E-state index contributed by atoms with van der Waals surface area (Å²) in [6.45, 7) is 8.69. The fraction of sp³-hybridized carbons (Fsp3) is 0.519. The number of rotatable bonds is 10. The number of piperazine rings is 1. The molecule has 1 aliphatic rings. The number of nitrogens with zero attached hydrogens (tertiary/aromatic N) is 3. The minimum absolute atomic E-state index is 0.0822. The zero-order valence-corrected chi connectivity index (χ0v) is 21.6. The maximum Gasteiger partial charge on any atom is 0.191 e. The van der Waals surface area contributed by atoms with E-state index in [0.29, 0.717) is 16.0 Å². The Balaban J connectivity index is 1.63. The average Bonchev–Trinajstić information content (AvgIpc) is 2.81. The fourth-order valence-electron chi connectivity index (χ4n) is 4.45. The first-order chi connectivity index (χ1) is 16.0. The second-order valence-electron chi connectivity index (χ2n) is 9.01. The molecule has 180 valence electrons. The zero-order valence-electron chi connectivity index (χ0n) is 20.1. The number of hydrogen-bond donors (Lipinski definition) is 1. The van der Waals surface area contributed by atoms with E-state index in [1.807, 2.05) is 12.1 Å². The minimum atomic E-state index is 0.0822. The van der Waals surface area contributed by atoms with E-state index in [2.05, 4.69) is 59.0 Å². The van der Waals surface area contributed by atoms with Crippen molar-refractivity contribution in [2.24, 2.45) is 10.7 Å². The summed E-state index contributed by atoms with van der Waals surface area (Å²) in [6.07, 6.45) is 7.61. The van der Waals surface area contributed by atoms with Crippen molar-refractivity contribution in [1.29, 1.82) is 0 Å². The van der Waals surface area contributed by atoms with Crippen LogP contribution in [0, 0.1) is 6.92 Å². The van der Waals surface area contributed by atoms with E-state index < -0.39 is 0 Å². The fourth-order valence-corrected chi connectivity index (χ4v) is 4.97. The molecule has 0 bridgehead atoms. The molecule has 3 rings (SSSR count). The van der Waals surface area contributed by atoms with Gasteiger partial charge in [0.25, 0.3) is 0 Å². The number of aliphatic imine (C=N–C) groups is 1. The van der Waals surface area contributed by atoms with E-state index in [-0.39, 0.29) is 6.04 Å². The summed E-state index contributed by atoms with van der Waals surface area (Å²) in [5.74, 6) is 0.680. The van der Waals surface area contributed by atoms with E-state index >= 15 is 0 Å². The molecule has 4 nitrogen and oxygen atoms in total.